The van der Waals surface area contributed by atoms with Gasteiger partial charge in [-0.25, -0.2) is 0 Å². The van der Waals surface area contributed by atoms with Crippen LogP contribution in [0.5, 0.6) is 0 Å². The standard InChI is InChI=1S/C17H25N3O/c1-4-18-16-14-8-7-13(9-15(14)19-17(16)21)20-10-11(2)5-6-12(20)3/h7-9,11-12,16,18H,4-6,10H2,1-3H3,(H,19,21). The van der Waals surface area contributed by atoms with E-state index in [0.717, 1.165) is 30.3 Å². The zero-order chi connectivity index (χ0) is 15.0. The molecule has 114 valence electrons. The third kappa shape index (κ3) is 2.64. The quantitative estimate of drug-likeness (QED) is 0.898. The van der Waals surface area contributed by atoms with Gasteiger partial charge in [-0.05, 0) is 44.4 Å². The van der Waals surface area contributed by atoms with E-state index in [2.05, 4.69) is 47.6 Å². The number of benzene rings is 1. The van der Waals surface area contributed by atoms with Crippen molar-refractivity contribution in [2.45, 2.75) is 45.7 Å². The van der Waals surface area contributed by atoms with Gasteiger partial charge in [0.05, 0.1) is 0 Å². The summed E-state index contributed by atoms with van der Waals surface area (Å²) in [6, 6.07) is 6.77. The van der Waals surface area contributed by atoms with Crippen LogP contribution in [0.1, 0.15) is 45.2 Å². The Labute approximate surface area is 126 Å². The predicted molar refractivity (Wildman–Crippen MR) is 86.7 cm³/mol. The van der Waals surface area contributed by atoms with Crippen molar-refractivity contribution in [3.8, 4) is 0 Å². The molecule has 0 radical (unpaired) electrons. The summed E-state index contributed by atoms with van der Waals surface area (Å²) in [6.45, 7) is 8.52. The van der Waals surface area contributed by atoms with Crippen LogP contribution in [0.4, 0.5) is 11.4 Å². The van der Waals surface area contributed by atoms with Crippen molar-refractivity contribution >= 4 is 17.3 Å². The summed E-state index contributed by atoms with van der Waals surface area (Å²) in [5, 5.41) is 6.25. The molecule has 1 fully saturated rings. The van der Waals surface area contributed by atoms with E-state index < -0.39 is 0 Å². The third-order valence-electron chi connectivity index (χ3n) is 4.73. The second-order valence-corrected chi connectivity index (χ2v) is 6.44. The average molecular weight is 287 g/mol. The van der Waals surface area contributed by atoms with Gasteiger partial charge in [0.15, 0.2) is 0 Å². The Kier molecular flexibility index (Phi) is 3.89. The van der Waals surface area contributed by atoms with Crippen LogP contribution in [0.25, 0.3) is 0 Å². The Morgan fingerprint density at radius 2 is 2.14 bits per heavy atom. The van der Waals surface area contributed by atoms with Crippen LogP contribution in [0.2, 0.25) is 0 Å². The molecule has 3 atom stereocenters. The first-order valence-corrected chi connectivity index (χ1v) is 8.05. The highest BCUT2D eigenvalue weighted by atomic mass is 16.2. The highest BCUT2D eigenvalue weighted by Crippen LogP contribution is 2.36. The lowest BCUT2D eigenvalue weighted by molar-refractivity contribution is -0.117. The molecule has 0 spiro atoms. The minimum absolute atomic E-state index is 0.0593. The molecule has 0 saturated carbocycles. The topological polar surface area (TPSA) is 44.4 Å². The van der Waals surface area contributed by atoms with Gasteiger partial charge >= 0.3 is 0 Å². The summed E-state index contributed by atoms with van der Waals surface area (Å²) in [4.78, 5) is 14.5. The minimum Gasteiger partial charge on any atom is -0.368 e. The van der Waals surface area contributed by atoms with E-state index in [0.29, 0.717) is 6.04 Å². The number of anilines is 2. The Balaban J connectivity index is 1.87. The second-order valence-electron chi connectivity index (χ2n) is 6.44. The highest BCUT2D eigenvalue weighted by Gasteiger charge is 2.31. The molecule has 4 heteroatoms. The predicted octanol–water partition coefficient (Wildman–Crippen LogP) is 2.91. The van der Waals surface area contributed by atoms with Crippen molar-refractivity contribution in [3.05, 3.63) is 23.8 Å². The van der Waals surface area contributed by atoms with E-state index in [-0.39, 0.29) is 11.9 Å². The fourth-order valence-corrected chi connectivity index (χ4v) is 3.48. The minimum atomic E-state index is -0.197. The average Bonchev–Trinajstić information content (AvgIpc) is 2.77. The number of nitrogens with one attached hydrogen (secondary N) is 2. The van der Waals surface area contributed by atoms with Gasteiger partial charge < -0.3 is 15.5 Å². The largest absolute Gasteiger partial charge is 0.368 e. The molecule has 2 aliphatic rings. The molecule has 2 heterocycles. The molecule has 1 saturated heterocycles. The van der Waals surface area contributed by atoms with Crippen molar-refractivity contribution in [2.24, 2.45) is 5.92 Å². The van der Waals surface area contributed by atoms with E-state index in [1.165, 1.54) is 18.5 Å². The van der Waals surface area contributed by atoms with Gasteiger partial charge in [-0.2, -0.15) is 0 Å². The number of nitrogens with zero attached hydrogens (tertiary/aromatic N) is 1. The number of fused-ring (bicyclic) bond motifs is 1. The van der Waals surface area contributed by atoms with Crippen LogP contribution < -0.4 is 15.5 Å². The molecular weight excluding hydrogens is 262 g/mol. The van der Waals surface area contributed by atoms with Gasteiger partial charge in [0, 0.05) is 29.5 Å². The molecule has 1 amide bonds. The summed E-state index contributed by atoms with van der Waals surface area (Å²) in [6.07, 6.45) is 2.55. The Morgan fingerprint density at radius 1 is 1.33 bits per heavy atom. The highest BCUT2D eigenvalue weighted by molar-refractivity contribution is 6.03. The maximum Gasteiger partial charge on any atom is 0.246 e. The van der Waals surface area contributed by atoms with Crippen molar-refractivity contribution in [2.75, 3.05) is 23.3 Å². The molecule has 1 aromatic carbocycles. The molecule has 0 aliphatic carbocycles. The molecule has 4 nitrogen and oxygen atoms in total. The molecule has 0 aromatic heterocycles. The number of amides is 1. The number of hydrogen-bond donors (Lipinski definition) is 2. The van der Waals surface area contributed by atoms with Gasteiger partial charge in [-0.15, -0.1) is 0 Å². The normalized spacial score (nSPS) is 28.4. The first-order valence-electron chi connectivity index (χ1n) is 8.05. The molecule has 1 aromatic rings. The summed E-state index contributed by atoms with van der Waals surface area (Å²) < 4.78 is 0. The molecule has 21 heavy (non-hydrogen) atoms. The number of carbonyl (C=O) groups is 1. The van der Waals surface area contributed by atoms with Crippen LogP contribution in [0, 0.1) is 5.92 Å². The first kappa shape index (κ1) is 14.4. The van der Waals surface area contributed by atoms with Crippen molar-refractivity contribution in [1.82, 2.24) is 5.32 Å². The van der Waals surface area contributed by atoms with Gasteiger partial charge in [-0.3, -0.25) is 4.79 Å². The summed E-state index contributed by atoms with van der Waals surface area (Å²) >= 11 is 0. The van der Waals surface area contributed by atoms with Gasteiger partial charge in [0.25, 0.3) is 0 Å². The number of rotatable bonds is 3. The summed E-state index contributed by atoms with van der Waals surface area (Å²) in [5.41, 5.74) is 3.27. The number of piperidine rings is 1. The fraction of sp³-hybridized carbons (Fsp3) is 0.588. The lowest BCUT2D eigenvalue weighted by atomic mass is 9.94. The van der Waals surface area contributed by atoms with Crippen LogP contribution in [0.3, 0.4) is 0 Å². The van der Waals surface area contributed by atoms with E-state index >= 15 is 0 Å². The monoisotopic (exact) mass is 287 g/mol. The number of hydrogen-bond acceptors (Lipinski definition) is 3. The van der Waals surface area contributed by atoms with Gasteiger partial charge in [-0.1, -0.05) is 19.9 Å². The van der Waals surface area contributed by atoms with Gasteiger partial charge in [0.2, 0.25) is 5.91 Å². The van der Waals surface area contributed by atoms with Crippen LogP contribution >= 0.6 is 0 Å². The fourth-order valence-electron chi connectivity index (χ4n) is 3.48. The van der Waals surface area contributed by atoms with Crippen molar-refractivity contribution < 1.29 is 4.79 Å². The van der Waals surface area contributed by atoms with Gasteiger partial charge in [0.1, 0.15) is 6.04 Å². The molecule has 0 bridgehead atoms. The van der Waals surface area contributed by atoms with E-state index in [9.17, 15) is 4.79 Å². The second kappa shape index (κ2) is 5.68. The Bertz CT molecular complexity index is 543. The van der Waals surface area contributed by atoms with Crippen LogP contribution in [-0.4, -0.2) is 25.0 Å². The zero-order valence-electron chi connectivity index (χ0n) is 13.1. The maximum atomic E-state index is 12.0. The van der Waals surface area contributed by atoms with E-state index in [1.807, 2.05) is 6.92 Å². The zero-order valence-corrected chi connectivity index (χ0v) is 13.1. The molecule has 2 aliphatic heterocycles. The SMILES string of the molecule is CCNC1C(=O)Nc2cc(N3CC(C)CCC3C)ccc21. The number of carbonyl (C=O) groups excluding carboxylic acids is 1. The van der Waals surface area contributed by atoms with Crippen molar-refractivity contribution in [1.29, 1.82) is 0 Å². The van der Waals surface area contributed by atoms with Crippen LogP contribution in [0.15, 0.2) is 18.2 Å². The van der Waals surface area contributed by atoms with E-state index in [4.69, 9.17) is 0 Å². The molecule has 2 N–H and O–H groups in total. The van der Waals surface area contributed by atoms with Crippen molar-refractivity contribution in [3.63, 3.8) is 0 Å². The Morgan fingerprint density at radius 3 is 2.90 bits per heavy atom. The smallest absolute Gasteiger partial charge is 0.246 e. The maximum absolute atomic E-state index is 12.0. The van der Waals surface area contributed by atoms with E-state index in [1.54, 1.807) is 0 Å². The summed E-state index contributed by atoms with van der Waals surface area (Å²) in [7, 11) is 0. The Hall–Kier alpha value is -1.55. The van der Waals surface area contributed by atoms with Crippen LogP contribution in [-0.2, 0) is 4.79 Å². The molecule has 3 unspecified atom stereocenters. The third-order valence-corrected chi connectivity index (χ3v) is 4.73. The molecule has 3 rings (SSSR count). The lowest BCUT2D eigenvalue weighted by Gasteiger charge is -2.38. The molecular formula is C17H25N3O. The lowest BCUT2D eigenvalue weighted by Crippen LogP contribution is -2.41. The summed E-state index contributed by atoms with van der Waals surface area (Å²) in [5.74, 6) is 0.794. The number of likely N-dealkylation sites (N-methyl/N-ethyl adjacent to an activating group) is 1. The first-order chi connectivity index (χ1) is 10.1.